The van der Waals surface area contributed by atoms with Crippen LogP contribution in [0.3, 0.4) is 0 Å². The average molecular weight is 424 g/mol. The third-order valence-corrected chi connectivity index (χ3v) is 5.52. The van der Waals surface area contributed by atoms with Crippen LogP contribution in [0.4, 0.5) is 10.8 Å². The zero-order chi connectivity index (χ0) is 20.2. The SMILES string of the molecule is Cc1cc(C(Nc2ccccn2)c2cccc(Cl)c2)c(NC(=O)c2ccco2)s1. The number of amides is 1. The lowest BCUT2D eigenvalue weighted by Gasteiger charge is -2.21. The monoisotopic (exact) mass is 423 g/mol. The Balaban J connectivity index is 1.73. The van der Waals surface area contributed by atoms with Gasteiger partial charge in [0, 0.05) is 21.7 Å². The summed E-state index contributed by atoms with van der Waals surface area (Å²) in [6.45, 7) is 2.01. The molecule has 0 fully saturated rings. The predicted molar refractivity (Wildman–Crippen MR) is 117 cm³/mol. The number of carbonyl (C=O) groups is 1. The average Bonchev–Trinajstić information content (AvgIpc) is 3.37. The number of aryl methyl sites for hydroxylation is 1. The van der Waals surface area contributed by atoms with E-state index in [0.29, 0.717) is 5.02 Å². The van der Waals surface area contributed by atoms with Gasteiger partial charge in [-0.25, -0.2) is 4.98 Å². The molecule has 4 rings (SSSR count). The second kappa shape index (κ2) is 8.51. The molecular weight excluding hydrogens is 406 g/mol. The summed E-state index contributed by atoms with van der Waals surface area (Å²) in [5.41, 5.74) is 1.90. The molecule has 1 unspecified atom stereocenters. The molecule has 1 atom stereocenters. The van der Waals surface area contributed by atoms with E-state index in [1.807, 2.05) is 49.4 Å². The van der Waals surface area contributed by atoms with Crippen molar-refractivity contribution in [3.05, 3.63) is 99.9 Å². The summed E-state index contributed by atoms with van der Waals surface area (Å²) >= 11 is 7.76. The molecule has 1 aromatic carbocycles. The van der Waals surface area contributed by atoms with E-state index in [2.05, 4.69) is 21.7 Å². The van der Waals surface area contributed by atoms with E-state index in [1.165, 1.54) is 17.6 Å². The molecule has 0 bridgehead atoms. The lowest BCUT2D eigenvalue weighted by Crippen LogP contribution is -2.16. The lowest BCUT2D eigenvalue weighted by molar-refractivity contribution is 0.0997. The fourth-order valence-corrected chi connectivity index (χ4v) is 4.19. The number of anilines is 2. The number of pyridine rings is 1. The Morgan fingerprint density at radius 2 is 2.03 bits per heavy atom. The van der Waals surface area contributed by atoms with Crippen molar-refractivity contribution in [3.8, 4) is 0 Å². The summed E-state index contributed by atoms with van der Waals surface area (Å²) < 4.78 is 5.22. The molecule has 0 radical (unpaired) electrons. The fraction of sp³-hybridized carbons (Fsp3) is 0.0909. The minimum absolute atomic E-state index is 0.250. The van der Waals surface area contributed by atoms with Gasteiger partial charge in [0.05, 0.1) is 12.3 Å². The molecule has 0 spiro atoms. The summed E-state index contributed by atoms with van der Waals surface area (Å²) in [7, 11) is 0. The van der Waals surface area contributed by atoms with Crippen molar-refractivity contribution >= 4 is 39.7 Å². The molecule has 3 heterocycles. The van der Waals surface area contributed by atoms with Gasteiger partial charge in [-0.05, 0) is 55.0 Å². The maximum absolute atomic E-state index is 12.6. The van der Waals surface area contributed by atoms with E-state index in [1.54, 1.807) is 18.3 Å². The van der Waals surface area contributed by atoms with Crippen LogP contribution in [0.2, 0.25) is 5.02 Å². The first-order valence-electron chi connectivity index (χ1n) is 8.98. The van der Waals surface area contributed by atoms with Crippen LogP contribution in [0.25, 0.3) is 0 Å². The number of rotatable bonds is 6. The van der Waals surface area contributed by atoms with Gasteiger partial charge in [-0.3, -0.25) is 4.79 Å². The second-order valence-electron chi connectivity index (χ2n) is 6.42. The molecular formula is C22H18ClN3O2S. The first-order valence-corrected chi connectivity index (χ1v) is 10.2. The molecule has 3 aromatic heterocycles. The number of thiophene rings is 1. The van der Waals surface area contributed by atoms with Crippen LogP contribution in [0.5, 0.6) is 0 Å². The molecule has 0 aliphatic heterocycles. The van der Waals surface area contributed by atoms with E-state index in [0.717, 1.165) is 26.8 Å². The van der Waals surface area contributed by atoms with E-state index in [9.17, 15) is 4.79 Å². The van der Waals surface area contributed by atoms with Gasteiger partial charge in [0.25, 0.3) is 5.91 Å². The Labute approximate surface area is 177 Å². The maximum atomic E-state index is 12.6. The first-order chi connectivity index (χ1) is 14.1. The van der Waals surface area contributed by atoms with Crippen molar-refractivity contribution in [3.63, 3.8) is 0 Å². The van der Waals surface area contributed by atoms with E-state index in [-0.39, 0.29) is 17.7 Å². The van der Waals surface area contributed by atoms with Crippen molar-refractivity contribution < 1.29 is 9.21 Å². The zero-order valence-electron chi connectivity index (χ0n) is 15.6. The van der Waals surface area contributed by atoms with Gasteiger partial charge in [0.15, 0.2) is 5.76 Å². The number of hydrogen-bond acceptors (Lipinski definition) is 5. The van der Waals surface area contributed by atoms with E-state index in [4.69, 9.17) is 16.0 Å². The maximum Gasteiger partial charge on any atom is 0.291 e. The second-order valence-corrected chi connectivity index (χ2v) is 8.11. The van der Waals surface area contributed by atoms with Crippen LogP contribution in [0.15, 0.2) is 77.5 Å². The molecule has 1 amide bonds. The Kier molecular flexibility index (Phi) is 5.64. The molecule has 29 heavy (non-hydrogen) atoms. The molecule has 7 heteroatoms. The number of carbonyl (C=O) groups excluding carboxylic acids is 1. The van der Waals surface area contributed by atoms with Crippen molar-refractivity contribution in [1.82, 2.24) is 4.98 Å². The number of hydrogen-bond donors (Lipinski definition) is 2. The number of furan rings is 1. The van der Waals surface area contributed by atoms with Gasteiger partial charge in [-0.15, -0.1) is 11.3 Å². The van der Waals surface area contributed by atoms with Gasteiger partial charge in [-0.1, -0.05) is 29.8 Å². The summed E-state index contributed by atoms with van der Waals surface area (Å²) in [6, 6.07) is 18.5. The molecule has 2 N–H and O–H groups in total. The quantitative estimate of drug-likeness (QED) is 0.390. The number of benzene rings is 1. The van der Waals surface area contributed by atoms with Crippen LogP contribution in [0, 0.1) is 6.92 Å². The highest BCUT2D eigenvalue weighted by Gasteiger charge is 2.23. The van der Waals surface area contributed by atoms with Crippen molar-refractivity contribution in [2.24, 2.45) is 0 Å². The third kappa shape index (κ3) is 4.50. The molecule has 0 aliphatic carbocycles. The third-order valence-electron chi connectivity index (χ3n) is 4.31. The van der Waals surface area contributed by atoms with Gasteiger partial charge in [0.1, 0.15) is 10.8 Å². The standard InChI is InChI=1S/C22H18ClN3O2S/c1-14-12-17(22(29-14)26-21(27)18-8-5-11-28-18)20(15-6-4-7-16(23)13-15)25-19-9-2-3-10-24-19/h2-13,20H,1H3,(H,24,25)(H,26,27). The van der Waals surface area contributed by atoms with Gasteiger partial charge < -0.3 is 15.1 Å². The Morgan fingerprint density at radius 3 is 2.76 bits per heavy atom. The van der Waals surface area contributed by atoms with Crippen LogP contribution < -0.4 is 10.6 Å². The number of halogens is 1. The van der Waals surface area contributed by atoms with Gasteiger partial charge in [-0.2, -0.15) is 0 Å². The van der Waals surface area contributed by atoms with Crippen LogP contribution in [-0.2, 0) is 0 Å². The lowest BCUT2D eigenvalue weighted by atomic mass is 10.00. The molecule has 146 valence electrons. The first kappa shape index (κ1) is 19.2. The number of nitrogens with one attached hydrogen (secondary N) is 2. The molecule has 4 aromatic rings. The van der Waals surface area contributed by atoms with Crippen molar-refractivity contribution in [1.29, 1.82) is 0 Å². The minimum atomic E-state index is -0.291. The molecule has 5 nitrogen and oxygen atoms in total. The van der Waals surface area contributed by atoms with E-state index >= 15 is 0 Å². The van der Waals surface area contributed by atoms with Crippen LogP contribution in [0.1, 0.15) is 32.6 Å². The van der Waals surface area contributed by atoms with Crippen LogP contribution >= 0.6 is 22.9 Å². The van der Waals surface area contributed by atoms with Crippen LogP contribution in [-0.4, -0.2) is 10.9 Å². The Hall–Kier alpha value is -3.09. The van der Waals surface area contributed by atoms with Crippen molar-refractivity contribution in [2.45, 2.75) is 13.0 Å². The smallest absolute Gasteiger partial charge is 0.291 e. The van der Waals surface area contributed by atoms with Gasteiger partial charge >= 0.3 is 0 Å². The Bertz CT molecular complexity index is 1110. The topological polar surface area (TPSA) is 67.2 Å². The molecule has 0 saturated heterocycles. The minimum Gasteiger partial charge on any atom is -0.459 e. The highest BCUT2D eigenvalue weighted by Crippen LogP contribution is 2.38. The summed E-state index contributed by atoms with van der Waals surface area (Å²) in [5, 5.41) is 7.83. The van der Waals surface area contributed by atoms with E-state index < -0.39 is 0 Å². The van der Waals surface area contributed by atoms with Crippen molar-refractivity contribution in [2.75, 3.05) is 10.6 Å². The summed E-state index contributed by atoms with van der Waals surface area (Å²) in [4.78, 5) is 18.0. The zero-order valence-corrected chi connectivity index (χ0v) is 17.1. The highest BCUT2D eigenvalue weighted by molar-refractivity contribution is 7.16. The Morgan fingerprint density at radius 1 is 1.14 bits per heavy atom. The number of aromatic nitrogens is 1. The largest absolute Gasteiger partial charge is 0.459 e. The number of nitrogens with zero attached hydrogens (tertiary/aromatic N) is 1. The normalized spacial score (nSPS) is 11.8. The molecule has 0 aliphatic rings. The molecule has 0 saturated carbocycles. The summed E-state index contributed by atoms with van der Waals surface area (Å²) in [5.74, 6) is 0.699. The fourth-order valence-electron chi connectivity index (χ4n) is 3.04. The summed E-state index contributed by atoms with van der Waals surface area (Å²) in [6.07, 6.45) is 3.21. The van der Waals surface area contributed by atoms with Gasteiger partial charge in [0.2, 0.25) is 0 Å². The predicted octanol–water partition coefficient (Wildman–Crippen LogP) is 6.15. The highest BCUT2D eigenvalue weighted by atomic mass is 35.5.